The molecule has 104 valence electrons. The smallest absolute Gasteiger partial charge is 0.144 e. The standard InChI is InChI=1S/C14H13Br2N3S/c15-10-5-9(6-17-7-10)13-18-12(8-3-1-2-4-8)11(16)14(20)19-13/h5-8H,1-4H2,(H,18,19,20). The van der Waals surface area contributed by atoms with E-state index in [0.29, 0.717) is 10.6 Å². The Morgan fingerprint density at radius 2 is 1.95 bits per heavy atom. The van der Waals surface area contributed by atoms with Crippen LogP contribution in [0.5, 0.6) is 0 Å². The summed E-state index contributed by atoms with van der Waals surface area (Å²) in [6.07, 6.45) is 8.55. The minimum absolute atomic E-state index is 0.549. The van der Waals surface area contributed by atoms with Crippen LogP contribution in [0.1, 0.15) is 37.3 Å². The largest absolute Gasteiger partial charge is 0.342 e. The summed E-state index contributed by atoms with van der Waals surface area (Å²) >= 11 is 12.4. The number of nitrogens with zero attached hydrogens (tertiary/aromatic N) is 2. The lowest BCUT2D eigenvalue weighted by Gasteiger charge is -2.14. The molecular formula is C14H13Br2N3S. The summed E-state index contributed by atoms with van der Waals surface area (Å²) in [5.74, 6) is 1.34. The van der Waals surface area contributed by atoms with Crippen LogP contribution < -0.4 is 0 Å². The molecule has 1 fully saturated rings. The minimum atomic E-state index is 0.549. The number of aromatic nitrogens is 3. The molecule has 0 bridgehead atoms. The Labute approximate surface area is 139 Å². The highest BCUT2D eigenvalue weighted by atomic mass is 79.9. The summed E-state index contributed by atoms with van der Waals surface area (Å²) in [7, 11) is 0. The average Bonchev–Trinajstić information content (AvgIpc) is 2.95. The molecule has 0 unspecified atom stereocenters. The second-order valence-electron chi connectivity index (χ2n) is 4.99. The Morgan fingerprint density at radius 3 is 2.65 bits per heavy atom. The van der Waals surface area contributed by atoms with Gasteiger partial charge < -0.3 is 4.98 Å². The van der Waals surface area contributed by atoms with Gasteiger partial charge >= 0.3 is 0 Å². The van der Waals surface area contributed by atoms with Gasteiger partial charge in [0, 0.05) is 34.0 Å². The first kappa shape index (κ1) is 14.4. The van der Waals surface area contributed by atoms with Crippen LogP contribution >= 0.6 is 44.1 Å². The van der Waals surface area contributed by atoms with Crippen LogP contribution in [0, 0.1) is 4.64 Å². The van der Waals surface area contributed by atoms with Crippen molar-refractivity contribution < 1.29 is 0 Å². The SMILES string of the molecule is S=c1nc(-c2cncc(Br)c2)[nH]c(C2CCCC2)c1Br. The van der Waals surface area contributed by atoms with E-state index in [4.69, 9.17) is 12.2 Å². The van der Waals surface area contributed by atoms with Crippen LogP contribution in [-0.2, 0) is 0 Å². The molecule has 0 amide bonds. The number of nitrogens with one attached hydrogen (secondary N) is 1. The molecule has 1 saturated carbocycles. The molecule has 0 aliphatic heterocycles. The van der Waals surface area contributed by atoms with Gasteiger partial charge in [-0.25, -0.2) is 4.98 Å². The van der Waals surface area contributed by atoms with Gasteiger partial charge in [-0.2, -0.15) is 0 Å². The van der Waals surface area contributed by atoms with Crippen molar-refractivity contribution in [1.29, 1.82) is 0 Å². The molecule has 0 radical (unpaired) electrons. The third kappa shape index (κ3) is 2.87. The molecule has 0 atom stereocenters. The van der Waals surface area contributed by atoms with Gasteiger partial charge in [-0.3, -0.25) is 4.98 Å². The van der Waals surface area contributed by atoms with E-state index in [2.05, 4.69) is 46.8 Å². The molecule has 2 heterocycles. The highest BCUT2D eigenvalue weighted by Crippen LogP contribution is 2.37. The Morgan fingerprint density at radius 1 is 1.20 bits per heavy atom. The second-order valence-corrected chi connectivity index (χ2v) is 7.09. The van der Waals surface area contributed by atoms with Crippen LogP contribution in [0.3, 0.4) is 0 Å². The number of hydrogen-bond acceptors (Lipinski definition) is 3. The van der Waals surface area contributed by atoms with Crippen LogP contribution in [0.15, 0.2) is 27.4 Å². The number of hydrogen-bond donors (Lipinski definition) is 1. The highest BCUT2D eigenvalue weighted by Gasteiger charge is 2.21. The lowest BCUT2D eigenvalue weighted by molar-refractivity contribution is 0.689. The van der Waals surface area contributed by atoms with E-state index in [1.807, 2.05) is 6.07 Å². The number of aromatic amines is 1. The van der Waals surface area contributed by atoms with Crippen molar-refractivity contribution in [3.63, 3.8) is 0 Å². The van der Waals surface area contributed by atoms with E-state index in [1.54, 1.807) is 12.4 Å². The average molecular weight is 415 g/mol. The van der Waals surface area contributed by atoms with Crippen molar-refractivity contribution in [2.24, 2.45) is 0 Å². The number of rotatable bonds is 2. The highest BCUT2D eigenvalue weighted by molar-refractivity contribution is 9.10. The second kappa shape index (κ2) is 6.03. The van der Waals surface area contributed by atoms with Crippen LogP contribution in [-0.4, -0.2) is 15.0 Å². The number of H-pyrrole nitrogens is 1. The third-order valence-electron chi connectivity index (χ3n) is 3.63. The number of pyridine rings is 1. The maximum Gasteiger partial charge on any atom is 0.144 e. The Hall–Kier alpha value is -0.590. The van der Waals surface area contributed by atoms with Crippen molar-refractivity contribution in [3.8, 4) is 11.4 Å². The van der Waals surface area contributed by atoms with Gasteiger partial charge in [-0.1, -0.05) is 25.1 Å². The molecule has 0 saturated heterocycles. The van der Waals surface area contributed by atoms with Crippen molar-refractivity contribution in [2.75, 3.05) is 0 Å². The molecule has 1 aliphatic carbocycles. The van der Waals surface area contributed by atoms with Crippen LogP contribution in [0.4, 0.5) is 0 Å². The topological polar surface area (TPSA) is 41.6 Å². The summed E-state index contributed by atoms with van der Waals surface area (Å²) in [6.45, 7) is 0. The Kier molecular flexibility index (Phi) is 4.33. The van der Waals surface area contributed by atoms with E-state index in [-0.39, 0.29) is 0 Å². The summed E-state index contributed by atoms with van der Waals surface area (Å²) in [5.41, 5.74) is 2.12. The maximum absolute atomic E-state index is 5.39. The third-order valence-corrected chi connectivity index (χ3v) is 5.43. The molecule has 0 spiro atoms. The fourth-order valence-electron chi connectivity index (χ4n) is 2.65. The van der Waals surface area contributed by atoms with E-state index in [9.17, 15) is 0 Å². The quantitative estimate of drug-likeness (QED) is 0.670. The molecule has 2 aromatic rings. The molecule has 1 N–H and O–H groups in total. The van der Waals surface area contributed by atoms with Gasteiger partial charge in [0.15, 0.2) is 0 Å². The molecule has 0 aromatic carbocycles. The van der Waals surface area contributed by atoms with Gasteiger partial charge in [0.25, 0.3) is 0 Å². The molecule has 3 nitrogen and oxygen atoms in total. The summed E-state index contributed by atoms with van der Waals surface area (Å²) in [4.78, 5) is 12.1. The zero-order valence-corrected chi connectivity index (χ0v) is 14.7. The number of halogens is 2. The van der Waals surface area contributed by atoms with Crippen LogP contribution in [0.25, 0.3) is 11.4 Å². The first-order chi connectivity index (χ1) is 9.65. The molecule has 6 heteroatoms. The summed E-state index contributed by atoms with van der Waals surface area (Å²) in [5, 5.41) is 0. The maximum atomic E-state index is 5.39. The fraction of sp³-hybridized carbons (Fsp3) is 0.357. The monoisotopic (exact) mass is 413 g/mol. The van der Waals surface area contributed by atoms with Crippen molar-refractivity contribution in [3.05, 3.63) is 37.7 Å². The predicted octanol–water partition coefficient (Wildman–Crippen LogP) is 5.38. The Balaban J connectivity index is 2.11. The van der Waals surface area contributed by atoms with Gasteiger partial charge in [0.05, 0.1) is 4.47 Å². The molecule has 3 rings (SSSR count). The van der Waals surface area contributed by atoms with Crippen molar-refractivity contribution in [1.82, 2.24) is 15.0 Å². The van der Waals surface area contributed by atoms with Gasteiger partial charge in [0.2, 0.25) is 0 Å². The normalized spacial score (nSPS) is 15.7. The first-order valence-electron chi connectivity index (χ1n) is 6.56. The van der Waals surface area contributed by atoms with E-state index < -0.39 is 0 Å². The zero-order valence-electron chi connectivity index (χ0n) is 10.7. The summed E-state index contributed by atoms with van der Waals surface area (Å²) in [6, 6.07) is 1.99. The van der Waals surface area contributed by atoms with E-state index >= 15 is 0 Å². The zero-order chi connectivity index (χ0) is 14.1. The van der Waals surface area contributed by atoms with E-state index in [1.165, 1.54) is 31.4 Å². The lowest BCUT2D eigenvalue weighted by Crippen LogP contribution is -2.02. The predicted molar refractivity (Wildman–Crippen MR) is 89.3 cm³/mol. The van der Waals surface area contributed by atoms with Gasteiger partial charge in [-0.05, 0) is 50.8 Å². The van der Waals surface area contributed by atoms with Gasteiger partial charge in [-0.15, -0.1) is 0 Å². The van der Waals surface area contributed by atoms with Crippen molar-refractivity contribution in [2.45, 2.75) is 31.6 Å². The van der Waals surface area contributed by atoms with Crippen LogP contribution in [0.2, 0.25) is 0 Å². The molecular weight excluding hydrogens is 402 g/mol. The van der Waals surface area contributed by atoms with E-state index in [0.717, 1.165) is 20.3 Å². The first-order valence-corrected chi connectivity index (χ1v) is 8.55. The molecule has 1 aliphatic rings. The lowest BCUT2D eigenvalue weighted by atomic mass is 10.0. The van der Waals surface area contributed by atoms with Gasteiger partial charge in [0.1, 0.15) is 10.5 Å². The fourth-order valence-corrected chi connectivity index (χ4v) is 3.73. The summed E-state index contributed by atoms with van der Waals surface area (Å²) < 4.78 is 2.48. The molecule has 20 heavy (non-hydrogen) atoms. The molecule has 2 aromatic heterocycles. The minimum Gasteiger partial charge on any atom is -0.342 e. The Bertz CT molecular complexity index is 693. The van der Waals surface area contributed by atoms with Crippen molar-refractivity contribution >= 4 is 44.1 Å².